The first-order chi connectivity index (χ1) is 9.63. The minimum absolute atomic E-state index is 0.0487. The van der Waals surface area contributed by atoms with Crippen LogP contribution in [0.1, 0.15) is 55.6 Å². The summed E-state index contributed by atoms with van der Waals surface area (Å²) < 4.78 is 2.07. The predicted molar refractivity (Wildman–Crippen MR) is 81.5 cm³/mol. The van der Waals surface area contributed by atoms with E-state index in [4.69, 9.17) is 5.73 Å². The molecular formula is C16H24N4. The molecule has 2 rings (SSSR count). The summed E-state index contributed by atoms with van der Waals surface area (Å²) in [4.78, 5) is 4.20. The highest BCUT2D eigenvalue weighted by molar-refractivity contribution is 5.21. The van der Waals surface area contributed by atoms with Gasteiger partial charge in [-0.1, -0.05) is 19.9 Å². The van der Waals surface area contributed by atoms with Gasteiger partial charge in [-0.2, -0.15) is 5.10 Å². The maximum atomic E-state index is 6.26. The molecule has 0 aromatic carbocycles. The number of nitrogens with zero attached hydrogens (tertiary/aromatic N) is 3. The normalized spacial score (nSPS) is 12.8. The van der Waals surface area contributed by atoms with Crippen LogP contribution >= 0.6 is 0 Å². The van der Waals surface area contributed by atoms with Crippen LogP contribution in [0.2, 0.25) is 0 Å². The molecule has 1 atom stereocenters. The highest BCUT2D eigenvalue weighted by Gasteiger charge is 2.12. The molecule has 2 N–H and O–H groups in total. The highest BCUT2D eigenvalue weighted by atomic mass is 15.3. The lowest BCUT2D eigenvalue weighted by Gasteiger charge is -2.13. The smallest absolute Gasteiger partial charge is 0.0643 e. The van der Waals surface area contributed by atoms with Crippen LogP contribution < -0.4 is 5.73 Å². The van der Waals surface area contributed by atoms with Gasteiger partial charge in [0.2, 0.25) is 0 Å². The van der Waals surface area contributed by atoms with E-state index in [1.165, 1.54) is 0 Å². The molecule has 2 aromatic heterocycles. The number of aromatic nitrogens is 3. The van der Waals surface area contributed by atoms with Crippen LogP contribution in [-0.4, -0.2) is 14.8 Å². The van der Waals surface area contributed by atoms with Gasteiger partial charge >= 0.3 is 0 Å². The van der Waals surface area contributed by atoms with E-state index in [0.29, 0.717) is 6.04 Å². The second kappa shape index (κ2) is 6.66. The largest absolute Gasteiger partial charge is 0.324 e. The van der Waals surface area contributed by atoms with Crippen LogP contribution in [0, 0.1) is 6.92 Å². The van der Waals surface area contributed by atoms with Crippen molar-refractivity contribution in [1.82, 2.24) is 14.8 Å². The fourth-order valence-electron chi connectivity index (χ4n) is 2.48. The molecule has 0 radical (unpaired) electrons. The fraction of sp³-hybridized carbons (Fsp3) is 0.500. The molecule has 108 valence electrons. The third-order valence-electron chi connectivity index (χ3n) is 3.73. The molecule has 0 spiro atoms. The van der Waals surface area contributed by atoms with Crippen LogP contribution in [0.4, 0.5) is 0 Å². The SMILES string of the molecule is CCC(CC)n1ccc(CC(N)c2cncc(C)c2)n1. The maximum absolute atomic E-state index is 6.26. The Bertz CT molecular complexity index is 543. The molecule has 2 heterocycles. The molecule has 20 heavy (non-hydrogen) atoms. The van der Waals surface area contributed by atoms with Gasteiger partial charge in [0.05, 0.1) is 11.7 Å². The van der Waals surface area contributed by atoms with Crippen molar-refractivity contribution in [3.8, 4) is 0 Å². The summed E-state index contributed by atoms with van der Waals surface area (Å²) in [6, 6.07) is 4.60. The van der Waals surface area contributed by atoms with Crippen molar-refractivity contribution in [2.24, 2.45) is 5.73 Å². The molecule has 1 unspecified atom stereocenters. The Labute approximate surface area is 121 Å². The molecule has 0 aliphatic rings. The second-order valence-electron chi connectivity index (χ2n) is 5.36. The molecule has 0 saturated heterocycles. The van der Waals surface area contributed by atoms with E-state index < -0.39 is 0 Å². The lowest BCUT2D eigenvalue weighted by atomic mass is 10.0. The Hall–Kier alpha value is -1.68. The van der Waals surface area contributed by atoms with Crippen LogP contribution in [0.25, 0.3) is 0 Å². The third kappa shape index (κ3) is 3.45. The molecule has 4 heteroatoms. The van der Waals surface area contributed by atoms with E-state index in [2.05, 4.69) is 46.9 Å². The van der Waals surface area contributed by atoms with Crippen molar-refractivity contribution in [3.63, 3.8) is 0 Å². The average Bonchev–Trinajstić information content (AvgIpc) is 2.88. The van der Waals surface area contributed by atoms with Gasteiger partial charge in [0.15, 0.2) is 0 Å². The predicted octanol–water partition coefficient (Wildman–Crippen LogP) is 3.19. The van der Waals surface area contributed by atoms with Crippen LogP contribution in [0.3, 0.4) is 0 Å². The van der Waals surface area contributed by atoms with Gasteiger partial charge in [-0.05, 0) is 37.0 Å². The third-order valence-corrected chi connectivity index (χ3v) is 3.73. The maximum Gasteiger partial charge on any atom is 0.0643 e. The fourth-order valence-corrected chi connectivity index (χ4v) is 2.48. The van der Waals surface area contributed by atoms with E-state index in [0.717, 1.165) is 36.1 Å². The molecule has 2 aromatic rings. The van der Waals surface area contributed by atoms with Gasteiger partial charge in [-0.25, -0.2) is 0 Å². The molecular weight excluding hydrogens is 248 g/mol. The van der Waals surface area contributed by atoms with E-state index >= 15 is 0 Å². The Kier molecular flexibility index (Phi) is 4.90. The summed E-state index contributed by atoms with van der Waals surface area (Å²) in [7, 11) is 0. The summed E-state index contributed by atoms with van der Waals surface area (Å²) in [5.74, 6) is 0. The van der Waals surface area contributed by atoms with E-state index in [-0.39, 0.29) is 6.04 Å². The first-order valence-electron chi connectivity index (χ1n) is 7.35. The molecule has 0 bridgehead atoms. The number of nitrogens with two attached hydrogens (primary N) is 1. The molecule has 0 saturated carbocycles. The van der Waals surface area contributed by atoms with Crippen molar-refractivity contribution in [2.75, 3.05) is 0 Å². The van der Waals surface area contributed by atoms with Crippen molar-refractivity contribution in [3.05, 3.63) is 47.5 Å². The monoisotopic (exact) mass is 272 g/mol. The zero-order valence-corrected chi connectivity index (χ0v) is 12.6. The van der Waals surface area contributed by atoms with Crippen LogP contribution in [-0.2, 0) is 6.42 Å². The number of aryl methyl sites for hydroxylation is 1. The van der Waals surface area contributed by atoms with Gasteiger partial charge in [-0.15, -0.1) is 0 Å². The van der Waals surface area contributed by atoms with E-state index in [1.54, 1.807) is 0 Å². The number of hydrogen-bond donors (Lipinski definition) is 1. The van der Waals surface area contributed by atoms with Crippen LogP contribution in [0.15, 0.2) is 30.7 Å². The zero-order valence-electron chi connectivity index (χ0n) is 12.6. The van der Waals surface area contributed by atoms with Gasteiger partial charge in [0, 0.05) is 31.1 Å². The summed E-state index contributed by atoms with van der Waals surface area (Å²) in [6.45, 7) is 6.42. The molecule has 4 nitrogen and oxygen atoms in total. The molecule has 0 fully saturated rings. The molecule has 0 amide bonds. The van der Waals surface area contributed by atoms with Crippen molar-refractivity contribution in [1.29, 1.82) is 0 Å². The summed E-state index contributed by atoms with van der Waals surface area (Å²) in [5.41, 5.74) is 9.51. The Morgan fingerprint density at radius 2 is 2.00 bits per heavy atom. The minimum atomic E-state index is -0.0487. The first-order valence-corrected chi connectivity index (χ1v) is 7.35. The topological polar surface area (TPSA) is 56.7 Å². The Morgan fingerprint density at radius 1 is 1.25 bits per heavy atom. The Balaban J connectivity index is 2.06. The van der Waals surface area contributed by atoms with E-state index in [9.17, 15) is 0 Å². The summed E-state index contributed by atoms with van der Waals surface area (Å²) in [6.07, 6.45) is 8.71. The Morgan fingerprint density at radius 3 is 2.65 bits per heavy atom. The van der Waals surface area contributed by atoms with Gasteiger partial charge in [-0.3, -0.25) is 9.67 Å². The highest BCUT2D eigenvalue weighted by Crippen LogP contribution is 2.18. The van der Waals surface area contributed by atoms with Gasteiger partial charge in [0.1, 0.15) is 0 Å². The number of pyridine rings is 1. The molecule has 0 aliphatic heterocycles. The van der Waals surface area contributed by atoms with Crippen LogP contribution in [0.5, 0.6) is 0 Å². The standard InChI is InChI=1S/C16H24N4/c1-4-15(5-2)20-7-6-14(19-20)9-16(17)13-8-12(3)10-18-11-13/h6-8,10-11,15-16H,4-5,9,17H2,1-3H3. The summed E-state index contributed by atoms with van der Waals surface area (Å²) >= 11 is 0. The minimum Gasteiger partial charge on any atom is -0.324 e. The second-order valence-corrected chi connectivity index (χ2v) is 5.36. The van der Waals surface area contributed by atoms with Crippen molar-refractivity contribution < 1.29 is 0 Å². The number of hydrogen-bond acceptors (Lipinski definition) is 3. The van der Waals surface area contributed by atoms with Gasteiger partial charge < -0.3 is 5.73 Å². The first kappa shape index (κ1) is 14.7. The molecule has 0 aliphatic carbocycles. The quantitative estimate of drug-likeness (QED) is 0.878. The number of rotatable bonds is 6. The zero-order chi connectivity index (χ0) is 14.5. The lowest BCUT2D eigenvalue weighted by Crippen LogP contribution is -2.15. The van der Waals surface area contributed by atoms with E-state index in [1.807, 2.05) is 19.3 Å². The van der Waals surface area contributed by atoms with Gasteiger partial charge in [0.25, 0.3) is 0 Å². The lowest BCUT2D eigenvalue weighted by molar-refractivity contribution is 0.424. The van der Waals surface area contributed by atoms with Crippen molar-refractivity contribution in [2.45, 2.75) is 52.1 Å². The average molecular weight is 272 g/mol. The van der Waals surface area contributed by atoms with Crippen molar-refractivity contribution >= 4 is 0 Å². The summed E-state index contributed by atoms with van der Waals surface area (Å²) in [5, 5.41) is 4.66.